The molecule has 0 saturated carbocycles. The highest BCUT2D eigenvalue weighted by Crippen LogP contribution is 2.53. The van der Waals surface area contributed by atoms with Crippen molar-refractivity contribution >= 4 is 0 Å². The van der Waals surface area contributed by atoms with Gasteiger partial charge in [-0.15, -0.1) is 0 Å². The molecule has 0 unspecified atom stereocenters. The molecule has 0 saturated heterocycles. The first-order chi connectivity index (χ1) is 20.0. The summed E-state index contributed by atoms with van der Waals surface area (Å²) in [6.45, 7) is 2.12. The predicted octanol–water partition coefficient (Wildman–Crippen LogP) is 8.20. The summed E-state index contributed by atoms with van der Waals surface area (Å²) < 4.78 is 22.2. The Bertz CT molecular complexity index is 1440. The molecule has 0 spiro atoms. The minimum Gasteiger partial charge on any atom is -0.497 e. The molecule has 0 aliphatic heterocycles. The topological polar surface area (TPSA) is 36.9 Å². The molecule has 0 bridgehead atoms. The maximum absolute atomic E-state index is 5.58. The van der Waals surface area contributed by atoms with Gasteiger partial charge >= 0.3 is 0 Å². The maximum atomic E-state index is 5.58. The van der Waals surface area contributed by atoms with Gasteiger partial charge in [-0.25, -0.2) is 0 Å². The quantitative estimate of drug-likeness (QED) is 0.166. The largest absolute Gasteiger partial charge is 0.497 e. The second-order valence-corrected chi connectivity index (χ2v) is 10.1. The zero-order valence-corrected chi connectivity index (χ0v) is 24.3. The van der Waals surface area contributed by atoms with Crippen LogP contribution in [0.3, 0.4) is 0 Å². The van der Waals surface area contributed by atoms with Crippen LogP contribution in [-0.2, 0) is 5.41 Å². The van der Waals surface area contributed by atoms with Gasteiger partial charge in [0.05, 0.1) is 33.9 Å². The van der Waals surface area contributed by atoms with Gasteiger partial charge in [-0.2, -0.15) is 0 Å². The van der Waals surface area contributed by atoms with Crippen LogP contribution in [0, 0.1) is 6.92 Å². The molecule has 41 heavy (non-hydrogen) atoms. The lowest BCUT2D eigenvalue weighted by Gasteiger charge is -2.44. The molecule has 0 fully saturated rings. The van der Waals surface area contributed by atoms with Crippen molar-refractivity contribution in [3.05, 3.63) is 155 Å². The van der Waals surface area contributed by atoms with Crippen LogP contribution >= 0.6 is 0 Å². The number of ether oxygens (including phenoxy) is 4. The summed E-state index contributed by atoms with van der Waals surface area (Å²) in [5, 5.41) is 0. The SMILES string of the molecule is COc1ccc(C(c2ccc(OC)cc2)C(c2ccc(C)cc2)(c2ccc(OC)cc2)c2ccc(OC)cc2)cc1. The van der Waals surface area contributed by atoms with E-state index in [0.29, 0.717) is 0 Å². The Hall–Kier alpha value is -4.70. The first-order valence-electron chi connectivity index (χ1n) is 13.7. The molecular formula is C37H36O4. The third kappa shape index (κ3) is 5.38. The molecular weight excluding hydrogens is 508 g/mol. The number of benzene rings is 5. The van der Waals surface area contributed by atoms with E-state index in [1.54, 1.807) is 28.4 Å². The van der Waals surface area contributed by atoms with E-state index >= 15 is 0 Å². The van der Waals surface area contributed by atoms with Gasteiger partial charge in [-0.3, -0.25) is 0 Å². The summed E-state index contributed by atoms with van der Waals surface area (Å²) in [5.74, 6) is 3.14. The zero-order valence-electron chi connectivity index (χ0n) is 24.3. The lowest BCUT2D eigenvalue weighted by Crippen LogP contribution is -2.37. The first kappa shape index (κ1) is 27.9. The van der Waals surface area contributed by atoms with E-state index in [-0.39, 0.29) is 5.92 Å². The van der Waals surface area contributed by atoms with Gasteiger partial charge in [0.25, 0.3) is 0 Å². The molecule has 5 rings (SSSR count). The highest BCUT2D eigenvalue weighted by Gasteiger charge is 2.45. The van der Waals surface area contributed by atoms with Crippen molar-refractivity contribution < 1.29 is 18.9 Å². The Morgan fingerprint density at radius 2 is 0.659 bits per heavy atom. The molecule has 5 aromatic carbocycles. The molecule has 0 N–H and O–H groups in total. The van der Waals surface area contributed by atoms with Gasteiger partial charge in [-0.1, -0.05) is 78.4 Å². The van der Waals surface area contributed by atoms with E-state index in [4.69, 9.17) is 18.9 Å². The standard InChI is InChI=1S/C37H36O4/c1-26-6-12-29(13-7-26)37(30-14-22-34(40-4)23-15-30,31-16-24-35(41-5)25-17-31)36(27-8-18-32(38-2)19-9-27)28-10-20-33(39-3)21-11-28/h6-25,36H,1-5H3. The molecule has 0 atom stereocenters. The molecule has 0 aliphatic carbocycles. The van der Waals surface area contributed by atoms with Crippen LogP contribution in [0.1, 0.15) is 39.3 Å². The Morgan fingerprint density at radius 3 is 0.951 bits per heavy atom. The Kier molecular flexibility index (Phi) is 8.30. The summed E-state index contributed by atoms with van der Waals surface area (Å²) in [7, 11) is 6.79. The lowest BCUT2D eigenvalue weighted by molar-refractivity contribution is 0.412. The van der Waals surface area contributed by atoms with E-state index in [0.717, 1.165) is 45.3 Å². The van der Waals surface area contributed by atoms with E-state index < -0.39 is 5.41 Å². The number of hydrogen-bond acceptors (Lipinski definition) is 4. The highest BCUT2D eigenvalue weighted by molar-refractivity contribution is 5.60. The summed E-state index contributed by atoms with van der Waals surface area (Å²) in [6, 6.07) is 42.6. The average molecular weight is 545 g/mol. The van der Waals surface area contributed by atoms with Crippen molar-refractivity contribution in [3.63, 3.8) is 0 Å². The van der Waals surface area contributed by atoms with E-state index in [1.165, 1.54) is 11.1 Å². The van der Waals surface area contributed by atoms with Crippen molar-refractivity contribution in [1.82, 2.24) is 0 Å². The molecule has 208 valence electrons. The molecule has 0 aromatic heterocycles. The van der Waals surface area contributed by atoms with Crippen molar-refractivity contribution in [3.8, 4) is 23.0 Å². The minimum atomic E-state index is -0.630. The fourth-order valence-electron chi connectivity index (χ4n) is 5.81. The van der Waals surface area contributed by atoms with Gasteiger partial charge in [0.15, 0.2) is 0 Å². The van der Waals surface area contributed by atoms with Crippen LogP contribution in [0.5, 0.6) is 23.0 Å². The monoisotopic (exact) mass is 544 g/mol. The molecule has 0 radical (unpaired) electrons. The summed E-state index contributed by atoms with van der Waals surface area (Å²) in [5.41, 5.74) is 6.35. The van der Waals surface area contributed by atoms with Gasteiger partial charge in [-0.05, 0) is 83.3 Å². The minimum absolute atomic E-state index is 0.121. The van der Waals surface area contributed by atoms with Crippen LogP contribution < -0.4 is 18.9 Å². The summed E-state index contributed by atoms with van der Waals surface area (Å²) in [6.07, 6.45) is 0. The van der Waals surface area contributed by atoms with Crippen LogP contribution in [0.2, 0.25) is 0 Å². The van der Waals surface area contributed by atoms with Crippen LogP contribution in [0.15, 0.2) is 121 Å². The normalized spacial score (nSPS) is 11.3. The molecule has 5 aromatic rings. The predicted molar refractivity (Wildman–Crippen MR) is 165 cm³/mol. The van der Waals surface area contributed by atoms with Crippen LogP contribution in [0.4, 0.5) is 0 Å². The smallest absolute Gasteiger partial charge is 0.118 e. The summed E-state index contributed by atoms with van der Waals surface area (Å²) in [4.78, 5) is 0. The molecule has 4 nitrogen and oxygen atoms in total. The average Bonchev–Trinajstić information content (AvgIpc) is 3.04. The van der Waals surface area contributed by atoms with E-state index in [1.807, 2.05) is 48.5 Å². The number of aryl methyl sites for hydroxylation is 1. The van der Waals surface area contributed by atoms with Crippen molar-refractivity contribution in [2.45, 2.75) is 18.3 Å². The van der Waals surface area contributed by atoms with Gasteiger partial charge in [0.1, 0.15) is 23.0 Å². The molecule has 0 amide bonds. The first-order valence-corrected chi connectivity index (χ1v) is 13.7. The molecule has 0 heterocycles. The molecule has 4 heteroatoms. The van der Waals surface area contributed by atoms with Gasteiger partial charge < -0.3 is 18.9 Å². The van der Waals surface area contributed by atoms with Crippen molar-refractivity contribution in [2.75, 3.05) is 28.4 Å². The third-order valence-electron chi connectivity index (χ3n) is 7.93. The zero-order chi connectivity index (χ0) is 28.8. The highest BCUT2D eigenvalue weighted by atomic mass is 16.5. The maximum Gasteiger partial charge on any atom is 0.118 e. The lowest BCUT2D eigenvalue weighted by atomic mass is 9.58. The van der Waals surface area contributed by atoms with Crippen molar-refractivity contribution in [2.24, 2.45) is 0 Å². The van der Waals surface area contributed by atoms with Crippen LogP contribution in [-0.4, -0.2) is 28.4 Å². The molecule has 0 aliphatic rings. The van der Waals surface area contributed by atoms with Gasteiger partial charge in [0.2, 0.25) is 0 Å². The second-order valence-electron chi connectivity index (χ2n) is 10.1. The Morgan fingerprint density at radius 1 is 0.390 bits per heavy atom. The van der Waals surface area contributed by atoms with E-state index in [9.17, 15) is 0 Å². The number of rotatable bonds is 10. The Balaban J connectivity index is 1.92. The number of methoxy groups -OCH3 is 4. The van der Waals surface area contributed by atoms with Gasteiger partial charge in [0, 0.05) is 5.92 Å². The fourth-order valence-corrected chi connectivity index (χ4v) is 5.81. The number of hydrogen-bond donors (Lipinski definition) is 0. The van der Waals surface area contributed by atoms with E-state index in [2.05, 4.69) is 79.7 Å². The van der Waals surface area contributed by atoms with Crippen molar-refractivity contribution in [1.29, 1.82) is 0 Å². The van der Waals surface area contributed by atoms with Crippen LogP contribution in [0.25, 0.3) is 0 Å². The summed E-state index contributed by atoms with van der Waals surface area (Å²) >= 11 is 0. The Labute approximate surface area is 243 Å². The second kappa shape index (κ2) is 12.2. The third-order valence-corrected chi connectivity index (χ3v) is 7.93. The fraction of sp³-hybridized carbons (Fsp3) is 0.189.